The lowest BCUT2D eigenvalue weighted by molar-refractivity contribution is 0.0170. The Labute approximate surface area is 193 Å². The summed E-state index contributed by atoms with van der Waals surface area (Å²) in [6, 6.07) is 0.396. The molecular formula is C22H31F2N3O5S. The quantitative estimate of drug-likeness (QED) is 0.648. The second-order valence-corrected chi connectivity index (χ2v) is 11.6. The number of nitrogens with zero attached hydrogens (tertiary/aromatic N) is 3. The van der Waals surface area contributed by atoms with Crippen LogP contribution in [0.2, 0.25) is 0 Å². The van der Waals surface area contributed by atoms with Gasteiger partial charge in [-0.25, -0.2) is 26.8 Å². The molecule has 0 spiro atoms. The van der Waals surface area contributed by atoms with Gasteiger partial charge in [0.15, 0.2) is 9.84 Å². The van der Waals surface area contributed by atoms with Crippen LogP contribution in [0, 0.1) is 11.6 Å². The first-order valence-electron chi connectivity index (χ1n) is 10.9. The SMILES string of the molecule is CC(c1cc(F)c(S(C)(=O)=O)cc1F)N1CCN(C2CCN(C(=O)OC(C)(C)C)CC2)C1=O. The second kappa shape index (κ2) is 9.08. The van der Waals surface area contributed by atoms with Crippen LogP contribution in [0.1, 0.15) is 52.1 Å². The summed E-state index contributed by atoms with van der Waals surface area (Å²) in [6.07, 6.45) is 1.63. The maximum absolute atomic E-state index is 14.6. The van der Waals surface area contributed by atoms with Gasteiger partial charge in [0.25, 0.3) is 0 Å². The number of likely N-dealkylation sites (tertiary alicyclic amines) is 1. The lowest BCUT2D eigenvalue weighted by Crippen LogP contribution is -2.49. The minimum atomic E-state index is -3.91. The van der Waals surface area contributed by atoms with E-state index in [2.05, 4.69) is 0 Å². The highest BCUT2D eigenvalue weighted by Crippen LogP contribution is 2.31. The van der Waals surface area contributed by atoms with E-state index in [0.717, 1.165) is 12.3 Å². The molecule has 0 aromatic heterocycles. The maximum Gasteiger partial charge on any atom is 0.410 e. The van der Waals surface area contributed by atoms with Crippen LogP contribution in [0.3, 0.4) is 0 Å². The summed E-state index contributed by atoms with van der Waals surface area (Å²) in [5, 5.41) is 0. The Bertz CT molecular complexity index is 1030. The molecule has 2 aliphatic rings. The normalized spacial score (nSPS) is 19.2. The summed E-state index contributed by atoms with van der Waals surface area (Å²) in [6.45, 7) is 8.70. The van der Waals surface area contributed by atoms with Crippen molar-refractivity contribution in [3.8, 4) is 0 Å². The third kappa shape index (κ3) is 5.56. The van der Waals surface area contributed by atoms with Crippen molar-refractivity contribution in [2.24, 2.45) is 0 Å². The van der Waals surface area contributed by atoms with Crippen LogP contribution in [0.5, 0.6) is 0 Å². The monoisotopic (exact) mass is 487 g/mol. The van der Waals surface area contributed by atoms with E-state index in [1.165, 1.54) is 4.90 Å². The smallest absolute Gasteiger partial charge is 0.410 e. The molecule has 2 saturated heterocycles. The lowest BCUT2D eigenvalue weighted by atomic mass is 10.0. The van der Waals surface area contributed by atoms with Crippen LogP contribution in [-0.4, -0.2) is 79.3 Å². The molecule has 0 bridgehead atoms. The summed E-state index contributed by atoms with van der Waals surface area (Å²) >= 11 is 0. The third-order valence-electron chi connectivity index (χ3n) is 6.00. The standard InChI is InChI=1S/C22H31F2N3O5S/c1-14(16-12-18(24)19(13-17(16)23)33(5,30)31)26-10-11-27(20(26)28)15-6-8-25(9-7-15)21(29)32-22(2,3)4/h12-15H,6-11H2,1-5H3. The van der Waals surface area contributed by atoms with Crippen molar-refractivity contribution in [1.29, 1.82) is 0 Å². The van der Waals surface area contributed by atoms with Crippen LogP contribution in [0.15, 0.2) is 17.0 Å². The average molecular weight is 488 g/mol. The number of amides is 3. The molecule has 2 fully saturated rings. The fourth-order valence-corrected chi connectivity index (χ4v) is 5.00. The summed E-state index contributed by atoms with van der Waals surface area (Å²) in [4.78, 5) is 29.4. The molecule has 1 atom stereocenters. The molecule has 0 saturated carbocycles. The van der Waals surface area contributed by atoms with E-state index in [4.69, 9.17) is 4.74 Å². The van der Waals surface area contributed by atoms with Gasteiger partial charge < -0.3 is 19.4 Å². The zero-order chi connectivity index (χ0) is 24.7. The molecule has 3 rings (SSSR count). The molecule has 1 aromatic rings. The van der Waals surface area contributed by atoms with E-state index >= 15 is 0 Å². The highest BCUT2D eigenvalue weighted by molar-refractivity contribution is 7.90. The number of rotatable bonds is 4. The first-order chi connectivity index (χ1) is 15.2. The van der Waals surface area contributed by atoms with Crippen LogP contribution in [0.25, 0.3) is 0 Å². The van der Waals surface area contributed by atoms with Crippen LogP contribution >= 0.6 is 0 Å². The molecular weight excluding hydrogens is 456 g/mol. The molecule has 2 aliphatic heterocycles. The fraction of sp³-hybridized carbons (Fsp3) is 0.636. The Morgan fingerprint density at radius 3 is 2.24 bits per heavy atom. The molecule has 3 amide bonds. The minimum absolute atomic E-state index is 0.0671. The number of benzene rings is 1. The van der Waals surface area contributed by atoms with Crippen molar-refractivity contribution in [2.75, 3.05) is 32.4 Å². The number of ether oxygens (including phenoxy) is 1. The van der Waals surface area contributed by atoms with Crippen molar-refractivity contribution >= 4 is 22.0 Å². The lowest BCUT2D eigenvalue weighted by Gasteiger charge is -2.37. The first-order valence-corrected chi connectivity index (χ1v) is 12.8. The van der Waals surface area contributed by atoms with Gasteiger partial charge in [0.1, 0.15) is 22.1 Å². The molecule has 184 valence electrons. The maximum atomic E-state index is 14.6. The summed E-state index contributed by atoms with van der Waals surface area (Å²) in [7, 11) is -3.91. The highest BCUT2D eigenvalue weighted by atomic mass is 32.2. The largest absolute Gasteiger partial charge is 0.444 e. The number of hydrogen-bond donors (Lipinski definition) is 0. The predicted molar refractivity (Wildman–Crippen MR) is 118 cm³/mol. The number of carbonyl (C=O) groups is 2. The van der Waals surface area contributed by atoms with Crippen molar-refractivity contribution in [1.82, 2.24) is 14.7 Å². The van der Waals surface area contributed by atoms with Gasteiger partial charge in [-0.3, -0.25) is 0 Å². The number of halogens is 2. The van der Waals surface area contributed by atoms with E-state index in [0.29, 0.717) is 45.1 Å². The van der Waals surface area contributed by atoms with Crippen molar-refractivity contribution in [3.63, 3.8) is 0 Å². The summed E-state index contributed by atoms with van der Waals surface area (Å²) in [5.41, 5.74) is -0.654. The van der Waals surface area contributed by atoms with Crippen molar-refractivity contribution in [2.45, 2.75) is 63.1 Å². The Hall–Kier alpha value is -2.43. The summed E-state index contributed by atoms with van der Waals surface area (Å²) in [5.74, 6) is -1.92. The van der Waals surface area contributed by atoms with Gasteiger partial charge in [-0.2, -0.15) is 0 Å². The zero-order valence-corrected chi connectivity index (χ0v) is 20.4. The Morgan fingerprint density at radius 1 is 1.09 bits per heavy atom. The molecule has 1 unspecified atom stereocenters. The molecule has 0 aliphatic carbocycles. The van der Waals surface area contributed by atoms with Gasteiger partial charge in [0.05, 0.1) is 6.04 Å². The number of piperidine rings is 1. The van der Waals surface area contributed by atoms with Gasteiger partial charge >= 0.3 is 12.1 Å². The van der Waals surface area contributed by atoms with Gasteiger partial charge in [0.2, 0.25) is 0 Å². The first kappa shape index (κ1) is 25.2. The molecule has 0 N–H and O–H groups in total. The summed E-state index contributed by atoms with van der Waals surface area (Å²) < 4.78 is 57.7. The van der Waals surface area contributed by atoms with Crippen molar-refractivity contribution in [3.05, 3.63) is 29.3 Å². The molecule has 2 heterocycles. The Balaban J connectivity index is 1.66. The van der Waals surface area contributed by atoms with E-state index in [1.54, 1.807) is 37.5 Å². The topological polar surface area (TPSA) is 87.2 Å². The van der Waals surface area contributed by atoms with E-state index in [-0.39, 0.29) is 23.7 Å². The van der Waals surface area contributed by atoms with Gasteiger partial charge in [-0.15, -0.1) is 0 Å². The predicted octanol–water partition coefficient (Wildman–Crippen LogP) is 3.57. The number of urea groups is 1. The van der Waals surface area contributed by atoms with Crippen LogP contribution in [0.4, 0.5) is 18.4 Å². The molecule has 11 heteroatoms. The second-order valence-electron chi connectivity index (χ2n) is 9.62. The molecule has 33 heavy (non-hydrogen) atoms. The van der Waals surface area contributed by atoms with Crippen molar-refractivity contribution < 1.29 is 31.5 Å². The zero-order valence-electron chi connectivity index (χ0n) is 19.6. The van der Waals surface area contributed by atoms with Gasteiger partial charge in [-0.1, -0.05) is 0 Å². The van der Waals surface area contributed by atoms with Gasteiger partial charge in [0, 0.05) is 44.0 Å². The minimum Gasteiger partial charge on any atom is -0.444 e. The highest BCUT2D eigenvalue weighted by Gasteiger charge is 2.39. The van der Waals surface area contributed by atoms with Crippen LogP contribution < -0.4 is 0 Å². The number of sulfone groups is 1. The number of hydrogen-bond acceptors (Lipinski definition) is 5. The Kier molecular flexibility index (Phi) is 6.93. The van der Waals surface area contributed by atoms with Gasteiger partial charge in [-0.05, 0) is 52.7 Å². The Morgan fingerprint density at radius 2 is 1.70 bits per heavy atom. The van der Waals surface area contributed by atoms with E-state index in [9.17, 15) is 26.8 Å². The van der Waals surface area contributed by atoms with E-state index in [1.807, 2.05) is 0 Å². The molecule has 1 aromatic carbocycles. The average Bonchev–Trinajstić information content (AvgIpc) is 3.08. The van der Waals surface area contributed by atoms with Crippen LogP contribution in [-0.2, 0) is 14.6 Å². The number of carbonyl (C=O) groups excluding carboxylic acids is 2. The van der Waals surface area contributed by atoms with E-state index < -0.39 is 38.0 Å². The third-order valence-corrected chi connectivity index (χ3v) is 7.11. The molecule has 0 radical (unpaired) electrons. The molecule has 8 nitrogen and oxygen atoms in total. The fourth-order valence-electron chi connectivity index (χ4n) is 4.27.